The minimum Gasteiger partial charge on any atom is -0.478 e. The van der Waals surface area contributed by atoms with E-state index in [-0.39, 0.29) is 11.1 Å². The van der Waals surface area contributed by atoms with Crippen LogP contribution in [0.1, 0.15) is 10.4 Å². The Morgan fingerprint density at radius 1 is 0.926 bits per heavy atom. The summed E-state index contributed by atoms with van der Waals surface area (Å²) in [6, 6.07) is 17.3. The van der Waals surface area contributed by atoms with Crippen molar-refractivity contribution in [1.82, 2.24) is 15.0 Å². The van der Waals surface area contributed by atoms with Crippen molar-refractivity contribution in [1.29, 1.82) is 0 Å². The molecule has 0 aliphatic carbocycles. The maximum Gasteiger partial charge on any atom is 0.338 e. The molecule has 2 N–H and O–H groups in total. The summed E-state index contributed by atoms with van der Waals surface area (Å²) < 4.78 is 14.9. The van der Waals surface area contributed by atoms with Crippen molar-refractivity contribution in [3.63, 3.8) is 0 Å². The number of nitrogens with one attached hydrogen (secondary N) is 1. The van der Waals surface area contributed by atoms with Gasteiger partial charge in [-0.05, 0) is 24.3 Å². The maximum absolute atomic E-state index is 14.9. The summed E-state index contributed by atoms with van der Waals surface area (Å²) >= 11 is 0. The largest absolute Gasteiger partial charge is 0.478 e. The molecule has 2 heterocycles. The van der Waals surface area contributed by atoms with E-state index in [0.717, 1.165) is 11.1 Å². The highest BCUT2D eigenvalue weighted by Crippen LogP contribution is 2.34. The number of rotatable bonds is 4. The van der Waals surface area contributed by atoms with E-state index < -0.39 is 11.8 Å². The van der Waals surface area contributed by atoms with Gasteiger partial charge in [-0.1, -0.05) is 36.4 Å². The quantitative estimate of drug-likeness (QED) is 0.556. The molecule has 0 fully saturated rings. The molecule has 0 radical (unpaired) electrons. The lowest BCUT2D eigenvalue weighted by atomic mass is 10.0. The Hall–Kier alpha value is -3.80. The predicted octanol–water partition coefficient (Wildman–Crippen LogP) is 4.64. The first-order valence-electron chi connectivity index (χ1n) is 8.23. The smallest absolute Gasteiger partial charge is 0.338 e. The Labute approximate surface area is 154 Å². The monoisotopic (exact) mass is 359 g/mol. The van der Waals surface area contributed by atoms with E-state index in [9.17, 15) is 14.3 Å². The summed E-state index contributed by atoms with van der Waals surface area (Å²) in [5.74, 6) is -1.55. The number of imidazole rings is 1. The normalized spacial score (nSPS) is 10.7. The molecule has 2 aromatic carbocycles. The van der Waals surface area contributed by atoms with Crippen LogP contribution in [0.15, 0.2) is 73.1 Å². The molecule has 0 amide bonds. The van der Waals surface area contributed by atoms with Gasteiger partial charge in [-0.25, -0.2) is 14.2 Å². The summed E-state index contributed by atoms with van der Waals surface area (Å²) in [6.07, 6.45) is 3.25. The van der Waals surface area contributed by atoms with Crippen LogP contribution in [0.2, 0.25) is 0 Å². The summed E-state index contributed by atoms with van der Waals surface area (Å²) in [6.45, 7) is 0. The fourth-order valence-corrected chi connectivity index (χ4v) is 2.91. The number of pyridine rings is 1. The molecule has 0 spiro atoms. The first kappa shape index (κ1) is 16.7. The fraction of sp³-hybridized carbons (Fsp3) is 0. The molecule has 4 aromatic rings. The zero-order valence-corrected chi connectivity index (χ0v) is 14.1. The molecule has 0 saturated heterocycles. The van der Waals surface area contributed by atoms with Gasteiger partial charge in [0.05, 0.1) is 17.0 Å². The minimum absolute atomic E-state index is 0.149. The average Bonchev–Trinajstić information content (AvgIpc) is 3.14. The predicted molar refractivity (Wildman–Crippen MR) is 99.6 cm³/mol. The SMILES string of the molecule is O=C(O)c1cccc(-c2[nH]c(-c3ccccc3)nc2-c2ccncc2)c1F. The van der Waals surface area contributed by atoms with E-state index in [2.05, 4.69) is 15.0 Å². The Morgan fingerprint density at radius 2 is 1.67 bits per heavy atom. The van der Waals surface area contributed by atoms with Crippen molar-refractivity contribution in [2.75, 3.05) is 0 Å². The number of aromatic nitrogens is 3. The summed E-state index contributed by atoms with van der Waals surface area (Å²) in [4.78, 5) is 23.1. The number of hydrogen-bond acceptors (Lipinski definition) is 3. The van der Waals surface area contributed by atoms with Crippen LogP contribution in [-0.4, -0.2) is 26.0 Å². The highest BCUT2D eigenvalue weighted by Gasteiger charge is 2.21. The number of benzene rings is 2. The number of aromatic carboxylic acids is 1. The van der Waals surface area contributed by atoms with Crippen molar-refractivity contribution in [2.24, 2.45) is 0 Å². The second kappa shape index (κ2) is 6.84. The van der Waals surface area contributed by atoms with Crippen molar-refractivity contribution in [3.05, 3.63) is 84.4 Å². The average molecular weight is 359 g/mol. The molecule has 5 nitrogen and oxygen atoms in total. The zero-order chi connectivity index (χ0) is 18.8. The van der Waals surface area contributed by atoms with Crippen LogP contribution in [0.3, 0.4) is 0 Å². The molecule has 132 valence electrons. The standard InChI is InChI=1S/C21H14FN3O2/c22-17-15(7-4-8-16(17)21(26)27)19-18(13-9-11-23-12-10-13)24-20(25-19)14-5-2-1-3-6-14/h1-12H,(H,24,25)(H,26,27). The van der Waals surface area contributed by atoms with Gasteiger partial charge >= 0.3 is 5.97 Å². The van der Waals surface area contributed by atoms with Crippen LogP contribution in [0.4, 0.5) is 4.39 Å². The van der Waals surface area contributed by atoms with E-state index in [0.29, 0.717) is 17.2 Å². The second-order valence-corrected chi connectivity index (χ2v) is 5.88. The summed E-state index contributed by atoms with van der Waals surface area (Å²) in [5.41, 5.74) is 2.30. The Balaban J connectivity index is 1.96. The third-order valence-electron chi connectivity index (χ3n) is 4.20. The van der Waals surface area contributed by atoms with E-state index in [1.807, 2.05) is 30.3 Å². The van der Waals surface area contributed by atoms with Gasteiger partial charge in [0, 0.05) is 29.1 Å². The van der Waals surface area contributed by atoms with Crippen molar-refractivity contribution in [3.8, 4) is 33.9 Å². The first-order valence-corrected chi connectivity index (χ1v) is 8.23. The molecule has 0 atom stereocenters. The lowest BCUT2D eigenvalue weighted by molar-refractivity contribution is 0.0692. The molecular formula is C21H14FN3O2. The van der Waals surface area contributed by atoms with E-state index >= 15 is 0 Å². The van der Waals surface area contributed by atoms with Gasteiger partial charge in [-0.2, -0.15) is 0 Å². The van der Waals surface area contributed by atoms with E-state index in [1.165, 1.54) is 18.2 Å². The molecule has 4 rings (SSSR count). The van der Waals surface area contributed by atoms with Gasteiger partial charge in [-0.3, -0.25) is 4.98 Å². The fourth-order valence-electron chi connectivity index (χ4n) is 2.91. The van der Waals surface area contributed by atoms with Gasteiger partial charge < -0.3 is 10.1 Å². The van der Waals surface area contributed by atoms with Crippen LogP contribution in [0, 0.1) is 5.82 Å². The van der Waals surface area contributed by atoms with Gasteiger partial charge in [0.25, 0.3) is 0 Å². The third kappa shape index (κ3) is 3.08. The molecule has 0 aliphatic heterocycles. The summed E-state index contributed by atoms with van der Waals surface area (Å²) in [7, 11) is 0. The minimum atomic E-state index is -1.32. The lowest BCUT2D eigenvalue weighted by Crippen LogP contribution is -2.02. The van der Waals surface area contributed by atoms with Gasteiger partial charge in [0.2, 0.25) is 0 Å². The lowest BCUT2D eigenvalue weighted by Gasteiger charge is -2.06. The Kier molecular flexibility index (Phi) is 4.22. The molecule has 0 unspecified atom stereocenters. The maximum atomic E-state index is 14.9. The number of carbonyl (C=O) groups is 1. The first-order chi connectivity index (χ1) is 13.1. The number of halogens is 1. The molecule has 2 aromatic heterocycles. The van der Waals surface area contributed by atoms with Crippen molar-refractivity contribution in [2.45, 2.75) is 0 Å². The Morgan fingerprint density at radius 3 is 2.37 bits per heavy atom. The number of carboxylic acid groups (broad SMARTS) is 1. The molecular weight excluding hydrogens is 345 g/mol. The van der Waals surface area contributed by atoms with Gasteiger partial charge in [0.1, 0.15) is 11.6 Å². The van der Waals surface area contributed by atoms with E-state index in [4.69, 9.17) is 0 Å². The third-order valence-corrected chi connectivity index (χ3v) is 4.20. The van der Waals surface area contributed by atoms with E-state index in [1.54, 1.807) is 24.5 Å². The molecule has 27 heavy (non-hydrogen) atoms. The zero-order valence-electron chi connectivity index (χ0n) is 14.1. The van der Waals surface area contributed by atoms with Crippen LogP contribution < -0.4 is 0 Å². The molecule has 0 bridgehead atoms. The van der Waals surface area contributed by atoms with Crippen molar-refractivity contribution < 1.29 is 14.3 Å². The number of carboxylic acids is 1. The number of aromatic amines is 1. The number of hydrogen-bond donors (Lipinski definition) is 2. The van der Waals surface area contributed by atoms with Crippen molar-refractivity contribution >= 4 is 5.97 Å². The van der Waals surface area contributed by atoms with Gasteiger partial charge in [0.15, 0.2) is 0 Å². The van der Waals surface area contributed by atoms with Crippen LogP contribution in [0.25, 0.3) is 33.9 Å². The highest BCUT2D eigenvalue weighted by atomic mass is 19.1. The number of nitrogens with zero attached hydrogens (tertiary/aromatic N) is 2. The molecule has 6 heteroatoms. The van der Waals surface area contributed by atoms with Crippen LogP contribution in [0.5, 0.6) is 0 Å². The van der Waals surface area contributed by atoms with Gasteiger partial charge in [-0.15, -0.1) is 0 Å². The highest BCUT2D eigenvalue weighted by molar-refractivity contribution is 5.91. The number of H-pyrrole nitrogens is 1. The second-order valence-electron chi connectivity index (χ2n) is 5.88. The van der Waals surface area contributed by atoms with Crippen LogP contribution in [-0.2, 0) is 0 Å². The molecule has 0 aliphatic rings. The topological polar surface area (TPSA) is 78.9 Å². The Bertz CT molecular complexity index is 1110. The summed E-state index contributed by atoms with van der Waals surface area (Å²) in [5, 5.41) is 9.23. The molecule has 0 saturated carbocycles. The van der Waals surface area contributed by atoms with Crippen LogP contribution >= 0.6 is 0 Å².